The Kier molecular flexibility index (Phi) is 2.15. The van der Waals surface area contributed by atoms with E-state index in [0.29, 0.717) is 0 Å². The van der Waals surface area contributed by atoms with Crippen molar-refractivity contribution in [3.8, 4) is 0 Å². The van der Waals surface area contributed by atoms with Crippen molar-refractivity contribution in [3.05, 3.63) is 0 Å². The molecule has 0 saturated heterocycles. The van der Waals surface area contributed by atoms with Crippen LogP contribution in [0.15, 0.2) is 0 Å². The van der Waals surface area contributed by atoms with Gasteiger partial charge in [-0.25, -0.2) is 0 Å². The predicted octanol–water partition coefficient (Wildman–Crippen LogP) is 3.08. The summed E-state index contributed by atoms with van der Waals surface area (Å²) >= 11 is 0. The molecule has 1 aliphatic carbocycles. The summed E-state index contributed by atoms with van der Waals surface area (Å²) in [5.74, 6) is 3.05. The normalized spacial score (nSPS) is 43.7. The van der Waals surface area contributed by atoms with E-state index < -0.39 is 0 Å². The fraction of sp³-hybridized carbons (Fsp3) is 1.00. The Balaban J connectivity index is 2.38. The van der Waals surface area contributed by atoms with Gasteiger partial charge in [0.05, 0.1) is 0 Å². The Morgan fingerprint density at radius 1 is 1.22 bits per heavy atom. The maximum absolute atomic E-state index is 2.40. The van der Waals surface area contributed by atoms with Crippen LogP contribution in [0.25, 0.3) is 0 Å². The average molecular weight is 126 g/mol. The molecule has 0 N–H and O–H groups in total. The first kappa shape index (κ1) is 7.11. The third-order valence-electron chi connectivity index (χ3n) is 2.81. The van der Waals surface area contributed by atoms with Gasteiger partial charge < -0.3 is 0 Å². The summed E-state index contributed by atoms with van der Waals surface area (Å²) in [5.41, 5.74) is 0. The molecule has 2 unspecified atom stereocenters. The van der Waals surface area contributed by atoms with E-state index in [9.17, 15) is 0 Å². The zero-order valence-electron chi connectivity index (χ0n) is 6.85. The van der Waals surface area contributed by atoms with E-state index >= 15 is 0 Å². The van der Waals surface area contributed by atoms with Crippen molar-refractivity contribution < 1.29 is 0 Å². The summed E-state index contributed by atoms with van der Waals surface area (Å²) in [7, 11) is 0. The molecule has 0 spiro atoms. The van der Waals surface area contributed by atoms with Gasteiger partial charge in [-0.15, -0.1) is 0 Å². The summed E-state index contributed by atoms with van der Waals surface area (Å²) in [6, 6.07) is 0. The topological polar surface area (TPSA) is 0 Å². The van der Waals surface area contributed by atoms with E-state index in [1.807, 2.05) is 0 Å². The van der Waals surface area contributed by atoms with Crippen LogP contribution in [0.4, 0.5) is 0 Å². The van der Waals surface area contributed by atoms with Gasteiger partial charge in [-0.2, -0.15) is 0 Å². The van der Waals surface area contributed by atoms with E-state index in [1.54, 1.807) is 0 Å². The van der Waals surface area contributed by atoms with Gasteiger partial charge in [0.1, 0.15) is 0 Å². The summed E-state index contributed by atoms with van der Waals surface area (Å²) < 4.78 is 0. The maximum Gasteiger partial charge on any atom is -0.0388 e. The lowest BCUT2D eigenvalue weighted by Crippen LogP contribution is -2.00. The van der Waals surface area contributed by atoms with E-state index in [1.165, 1.54) is 19.3 Å². The second kappa shape index (κ2) is 2.72. The minimum Gasteiger partial charge on any atom is -0.0651 e. The van der Waals surface area contributed by atoms with Crippen LogP contribution >= 0.6 is 0 Å². The fourth-order valence-electron chi connectivity index (χ4n) is 2.24. The Hall–Kier alpha value is 0. The third kappa shape index (κ3) is 1.47. The van der Waals surface area contributed by atoms with Crippen molar-refractivity contribution >= 4 is 0 Å². The maximum atomic E-state index is 2.40. The van der Waals surface area contributed by atoms with E-state index in [0.717, 1.165) is 17.8 Å². The Morgan fingerprint density at radius 2 is 1.89 bits per heavy atom. The smallest absolute Gasteiger partial charge is 0.0388 e. The molecule has 0 nitrogen and oxygen atoms in total. The summed E-state index contributed by atoms with van der Waals surface area (Å²) in [6.07, 6.45) is 4.35. The quantitative estimate of drug-likeness (QED) is 0.506. The molecule has 3 atom stereocenters. The summed E-state index contributed by atoms with van der Waals surface area (Å²) in [5, 5.41) is 0. The van der Waals surface area contributed by atoms with Crippen LogP contribution in [0.3, 0.4) is 0 Å². The highest BCUT2D eigenvalue weighted by Crippen LogP contribution is 2.37. The fourth-order valence-corrected chi connectivity index (χ4v) is 2.24. The molecule has 0 heteroatoms. The molecule has 0 aromatic heterocycles. The molecular weight excluding hydrogens is 108 g/mol. The molecule has 1 fully saturated rings. The van der Waals surface area contributed by atoms with Crippen LogP contribution in [0.1, 0.15) is 40.0 Å². The van der Waals surface area contributed by atoms with Gasteiger partial charge in [0, 0.05) is 0 Å². The summed E-state index contributed by atoms with van der Waals surface area (Å²) in [6.45, 7) is 7.10. The third-order valence-corrected chi connectivity index (χ3v) is 2.81. The van der Waals surface area contributed by atoms with Crippen molar-refractivity contribution in [2.45, 2.75) is 40.0 Å². The number of rotatable bonds is 1. The molecular formula is C9H18. The van der Waals surface area contributed by atoms with Gasteiger partial charge in [0.25, 0.3) is 0 Å². The first-order chi connectivity index (χ1) is 4.24. The molecule has 1 rings (SSSR count). The van der Waals surface area contributed by atoms with Crippen LogP contribution < -0.4 is 0 Å². The largest absolute Gasteiger partial charge is 0.0651 e. The monoisotopic (exact) mass is 126 g/mol. The molecule has 1 aliphatic rings. The van der Waals surface area contributed by atoms with Gasteiger partial charge in [0.2, 0.25) is 0 Å². The van der Waals surface area contributed by atoms with Gasteiger partial charge in [-0.3, -0.25) is 0 Å². The highest BCUT2D eigenvalue weighted by Gasteiger charge is 2.26. The molecule has 1 saturated carbocycles. The minimum absolute atomic E-state index is 1.00. The molecule has 0 bridgehead atoms. The van der Waals surface area contributed by atoms with Crippen molar-refractivity contribution in [2.24, 2.45) is 17.8 Å². The van der Waals surface area contributed by atoms with Crippen LogP contribution in [0, 0.1) is 17.8 Å². The minimum atomic E-state index is 1.00. The lowest BCUT2D eigenvalue weighted by Gasteiger charge is -2.10. The second-order valence-corrected chi connectivity index (χ2v) is 3.72. The molecule has 0 heterocycles. The Morgan fingerprint density at radius 3 is 2.11 bits per heavy atom. The van der Waals surface area contributed by atoms with Crippen LogP contribution in [0.2, 0.25) is 0 Å². The molecule has 54 valence electrons. The molecule has 0 aliphatic heterocycles. The van der Waals surface area contributed by atoms with Gasteiger partial charge in [-0.05, 0) is 30.6 Å². The molecule has 9 heavy (non-hydrogen) atoms. The Labute approximate surface area is 58.7 Å². The van der Waals surface area contributed by atoms with Gasteiger partial charge >= 0.3 is 0 Å². The lowest BCUT2D eigenvalue weighted by atomic mass is 9.96. The molecule has 0 aromatic carbocycles. The molecule has 0 radical (unpaired) electrons. The standard InChI is InChI=1S/C9H18/c1-4-9-6-7(2)5-8(9)3/h7-9H,4-6H2,1-3H3/t7?,8?,9-/m1/s1. The van der Waals surface area contributed by atoms with Crippen molar-refractivity contribution in [1.29, 1.82) is 0 Å². The number of hydrogen-bond donors (Lipinski definition) is 0. The molecule has 0 aromatic rings. The molecule has 0 amide bonds. The van der Waals surface area contributed by atoms with E-state index in [4.69, 9.17) is 0 Å². The SMILES string of the molecule is CC[C@@H]1CC(C)CC1C. The van der Waals surface area contributed by atoms with Gasteiger partial charge in [0.15, 0.2) is 0 Å². The average Bonchev–Trinajstić information content (AvgIpc) is 2.10. The second-order valence-electron chi connectivity index (χ2n) is 3.72. The highest BCUT2D eigenvalue weighted by molar-refractivity contribution is 4.77. The highest BCUT2D eigenvalue weighted by atomic mass is 14.3. The van der Waals surface area contributed by atoms with Crippen molar-refractivity contribution in [1.82, 2.24) is 0 Å². The van der Waals surface area contributed by atoms with Crippen molar-refractivity contribution in [3.63, 3.8) is 0 Å². The lowest BCUT2D eigenvalue weighted by molar-refractivity contribution is 0.406. The van der Waals surface area contributed by atoms with Gasteiger partial charge in [-0.1, -0.05) is 27.2 Å². The first-order valence-electron chi connectivity index (χ1n) is 4.24. The van der Waals surface area contributed by atoms with Crippen LogP contribution in [-0.2, 0) is 0 Å². The zero-order valence-corrected chi connectivity index (χ0v) is 6.85. The zero-order chi connectivity index (χ0) is 6.85. The van der Waals surface area contributed by atoms with E-state index in [2.05, 4.69) is 20.8 Å². The van der Waals surface area contributed by atoms with Crippen molar-refractivity contribution in [2.75, 3.05) is 0 Å². The summed E-state index contributed by atoms with van der Waals surface area (Å²) in [4.78, 5) is 0. The van der Waals surface area contributed by atoms with Crippen LogP contribution in [-0.4, -0.2) is 0 Å². The predicted molar refractivity (Wildman–Crippen MR) is 41.3 cm³/mol. The first-order valence-corrected chi connectivity index (χ1v) is 4.24. The number of hydrogen-bond acceptors (Lipinski definition) is 0. The van der Waals surface area contributed by atoms with Crippen LogP contribution in [0.5, 0.6) is 0 Å². The Bertz CT molecular complexity index is 86.0. The van der Waals surface area contributed by atoms with E-state index in [-0.39, 0.29) is 0 Å².